The first-order chi connectivity index (χ1) is 10.1. The van der Waals surface area contributed by atoms with Crippen LogP contribution in [0.15, 0.2) is 24.3 Å². The topological polar surface area (TPSA) is 28.2 Å². The first kappa shape index (κ1) is 17.0. The second-order valence-electron chi connectivity index (χ2n) is 4.99. The van der Waals surface area contributed by atoms with Gasteiger partial charge in [-0.25, -0.2) is 0 Å². The monoisotopic (exact) mass is 430 g/mol. The third-order valence-corrected chi connectivity index (χ3v) is 16.6. The van der Waals surface area contributed by atoms with E-state index >= 15 is 0 Å². The van der Waals surface area contributed by atoms with Crippen molar-refractivity contribution in [1.82, 2.24) is 0 Å². The Labute approximate surface area is 138 Å². The van der Waals surface area contributed by atoms with Gasteiger partial charge in [-0.2, -0.15) is 0 Å². The molecular formula is C16H20Cl2N2Sn-2. The summed E-state index contributed by atoms with van der Waals surface area (Å²) in [6.07, 6.45) is 8.40. The first-order valence-corrected chi connectivity index (χ1v) is 18.6. The first-order valence-electron chi connectivity index (χ1n) is 7.30. The van der Waals surface area contributed by atoms with Crippen LogP contribution in [-0.4, -0.2) is 29.2 Å². The van der Waals surface area contributed by atoms with E-state index in [1.54, 1.807) is 0 Å². The molecule has 0 atom stereocenters. The standard InChI is InChI=1S/C12H10N2.2C2H5.2ClH.Sn/c1-3-9-5-6-10-4-2-8-14-12(10)11(9)13-7-1;2*1-2;;;/h1-6H,7-8H2;2*1H2,2H3;2*1H;/q-2;;;;;+2/p-2. The number of rotatable bonds is 2. The summed E-state index contributed by atoms with van der Waals surface area (Å²) in [5.41, 5.74) is 4.51. The molecule has 0 unspecified atom stereocenters. The predicted octanol–water partition coefficient (Wildman–Crippen LogP) is 6.70. The van der Waals surface area contributed by atoms with E-state index in [0.29, 0.717) is 0 Å². The average molecular weight is 430 g/mol. The molecular weight excluding hydrogens is 410 g/mol. The number of benzene rings is 1. The molecule has 0 saturated carbocycles. The molecule has 0 radical (unpaired) electrons. The summed E-state index contributed by atoms with van der Waals surface area (Å²) in [5, 5.41) is 8.98. The van der Waals surface area contributed by atoms with Crippen LogP contribution in [0.2, 0.25) is 8.87 Å². The van der Waals surface area contributed by atoms with Crippen LogP contribution in [0.3, 0.4) is 0 Å². The normalized spacial score (nSPS) is 15.0. The maximum absolute atomic E-state index is 5.88. The molecule has 0 saturated heterocycles. The van der Waals surface area contributed by atoms with Gasteiger partial charge in [-0.15, -0.1) is 36.6 Å². The van der Waals surface area contributed by atoms with Crippen molar-refractivity contribution < 1.29 is 0 Å². The Balaban J connectivity index is 0.000000199. The molecule has 0 aliphatic carbocycles. The van der Waals surface area contributed by atoms with Gasteiger partial charge in [0.05, 0.1) is 0 Å². The Kier molecular flexibility index (Phi) is 6.32. The Hall–Kier alpha value is -0.321. The van der Waals surface area contributed by atoms with Gasteiger partial charge < -0.3 is 10.6 Å². The summed E-state index contributed by atoms with van der Waals surface area (Å²) in [6.45, 7) is 5.70. The maximum atomic E-state index is 5.88. The number of halogens is 2. The molecule has 1 aromatic rings. The Morgan fingerprint density at radius 3 is 1.67 bits per heavy atom. The van der Waals surface area contributed by atoms with E-state index in [4.69, 9.17) is 17.8 Å². The van der Waals surface area contributed by atoms with E-state index in [-0.39, 0.29) is 0 Å². The summed E-state index contributed by atoms with van der Waals surface area (Å²) in [6, 6.07) is 4.22. The number of hydrogen-bond acceptors (Lipinski definition) is 0. The summed E-state index contributed by atoms with van der Waals surface area (Å²) >= 11 is -2.34. The molecule has 5 heteroatoms. The fraction of sp³-hybridized carbons (Fsp3) is 0.375. The van der Waals surface area contributed by atoms with Crippen molar-refractivity contribution in [3.8, 4) is 0 Å². The van der Waals surface area contributed by atoms with E-state index < -0.39 is 16.1 Å². The third-order valence-electron chi connectivity index (χ3n) is 3.55. The molecule has 21 heavy (non-hydrogen) atoms. The van der Waals surface area contributed by atoms with Crippen molar-refractivity contribution in [2.75, 3.05) is 13.1 Å². The minimum atomic E-state index is -2.34. The molecule has 3 rings (SSSR count). The second-order valence-corrected chi connectivity index (χ2v) is 24.9. The van der Waals surface area contributed by atoms with Gasteiger partial charge in [-0.05, 0) is 11.1 Å². The zero-order valence-corrected chi connectivity index (χ0v) is 16.8. The van der Waals surface area contributed by atoms with Crippen molar-refractivity contribution in [1.29, 1.82) is 0 Å². The molecule has 0 aromatic heterocycles. The molecule has 2 nitrogen and oxygen atoms in total. The van der Waals surface area contributed by atoms with Crippen LogP contribution < -0.4 is 0 Å². The summed E-state index contributed by atoms with van der Waals surface area (Å²) in [5.74, 6) is 0. The molecule has 0 fully saturated rings. The van der Waals surface area contributed by atoms with Gasteiger partial charge in [-0.3, -0.25) is 0 Å². The van der Waals surface area contributed by atoms with E-state index in [2.05, 4.69) is 60.9 Å². The average Bonchev–Trinajstić information content (AvgIpc) is 2.55. The van der Waals surface area contributed by atoms with Crippen LogP contribution in [-0.2, 0) is 0 Å². The zero-order valence-electron chi connectivity index (χ0n) is 12.4. The molecule has 0 spiro atoms. The van der Waals surface area contributed by atoms with Gasteiger partial charge in [-0.1, -0.05) is 24.3 Å². The molecule has 0 bridgehead atoms. The van der Waals surface area contributed by atoms with Crippen LogP contribution in [0.5, 0.6) is 0 Å². The molecule has 1 aromatic carbocycles. The van der Waals surface area contributed by atoms with Gasteiger partial charge in [0.1, 0.15) is 0 Å². The van der Waals surface area contributed by atoms with Gasteiger partial charge in [0.2, 0.25) is 0 Å². The van der Waals surface area contributed by atoms with E-state index in [1.807, 2.05) is 0 Å². The Bertz CT molecular complexity index is 506. The number of hydrogen-bond donors (Lipinski definition) is 0. The van der Waals surface area contributed by atoms with Crippen molar-refractivity contribution >= 4 is 57.5 Å². The molecule has 0 N–H and O–H groups in total. The van der Waals surface area contributed by atoms with Crippen molar-refractivity contribution in [3.63, 3.8) is 0 Å². The van der Waals surface area contributed by atoms with E-state index in [9.17, 15) is 0 Å². The van der Waals surface area contributed by atoms with Crippen LogP contribution in [0.25, 0.3) is 22.8 Å². The third kappa shape index (κ3) is 4.57. The van der Waals surface area contributed by atoms with Gasteiger partial charge in [0.15, 0.2) is 0 Å². The number of fused-ring (bicyclic) bond motifs is 3. The van der Waals surface area contributed by atoms with Crippen molar-refractivity contribution in [3.05, 3.63) is 46.0 Å². The Morgan fingerprint density at radius 2 is 1.33 bits per heavy atom. The molecule has 2 aliphatic rings. The van der Waals surface area contributed by atoms with Crippen molar-refractivity contribution in [2.24, 2.45) is 0 Å². The van der Waals surface area contributed by atoms with Crippen LogP contribution >= 0.6 is 17.8 Å². The summed E-state index contributed by atoms with van der Waals surface area (Å²) in [4.78, 5) is 0. The second kappa shape index (κ2) is 7.79. The van der Waals surface area contributed by atoms with Crippen LogP contribution in [0.4, 0.5) is 11.4 Å². The molecule has 2 heterocycles. The van der Waals surface area contributed by atoms with Crippen LogP contribution in [0, 0.1) is 0 Å². The Morgan fingerprint density at radius 1 is 0.905 bits per heavy atom. The fourth-order valence-electron chi connectivity index (χ4n) is 2.11. The van der Waals surface area contributed by atoms with Crippen molar-refractivity contribution in [2.45, 2.75) is 22.7 Å². The number of nitrogens with zero attached hydrogens (tertiary/aromatic N) is 2. The SMILES string of the molecule is C1=Cc2ccc3c(c2[N-]C1)[N-]CC=C3.C[CH2][Sn]([Cl])([Cl])[CH2]C. The summed E-state index contributed by atoms with van der Waals surface area (Å²) in [7, 11) is 11.8. The van der Waals surface area contributed by atoms with E-state index in [0.717, 1.165) is 33.3 Å². The fourth-order valence-corrected chi connectivity index (χ4v) is 3.54. The minimum absolute atomic E-state index is 0.780. The predicted molar refractivity (Wildman–Crippen MR) is 98.7 cm³/mol. The van der Waals surface area contributed by atoms with Gasteiger partial charge in [0, 0.05) is 0 Å². The van der Waals surface area contributed by atoms with Gasteiger partial charge in [0.25, 0.3) is 0 Å². The quantitative estimate of drug-likeness (QED) is 0.468. The molecule has 2 aliphatic heterocycles. The van der Waals surface area contributed by atoms with E-state index in [1.165, 1.54) is 11.1 Å². The zero-order chi connectivity index (χ0) is 15.3. The summed E-state index contributed by atoms with van der Waals surface area (Å²) < 4.78 is 2.07. The van der Waals surface area contributed by atoms with Crippen LogP contribution in [0.1, 0.15) is 25.0 Å². The van der Waals surface area contributed by atoms with Gasteiger partial charge >= 0.3 is 56.7 Å². The molecule has 114 valence electrons. The molecule has 0 amide bonds.